The number of benzene rings is 2. The summed E-state index contributed by atoms with van der Waals surface area (Å²) in [4.78, 5) is 11.8. The minimum absolute atomic E-state index is 0.154. The predicted molar refractivity (Wildman–Crippen MR) is 92.7 cm³/mol. The Morgan fingerprint density at radius 3 is 2.33 bits per heavy atom. The number of hydrogen-bond donors (Lipinski definition) is 2. The highest BCUT2D eigenvalue weighted by molar-refractivity contribution is 6.01. The summed E-state index contributed by atoms with van der Waals surface area (Å²) in [5, 5.41) is 2.80. The maximum absolute atomic E-state index is 14.0. The van der Waals surface area contributed by atoms with Gasteiger partial charge >= 0.3 is 0 Å². The molecular weight excluding hydrogens is 310 g/mol. The predicted octanol–water partition coefficient (Wildman–Crippen LogP) is 5.02. The van der Waals surface area contributed by atoms with Gasteiger partial charge < -0.3 is 11.1 Å². The molecular formula is C19H22F2N2O. The van der Waals surface area contributed by atoms with E-state index in [4.69, 9.17) is 5.73 Å². The first kappa shape index (κ1) is 17.9. The molecule has 0 radical (unpaired) electrons. The van der Waals surface area contributed by atoms with Crippen LogP contribution in [0.25, 0.3) is 0 Å². The summed E-state index contributed by atoms with van der Waals surface area (Å²) in [5.74, 6) is -1.42. The number of carbonyl (C=O) groups is 1. The van der Waals surface area contributed by atoms with E-state index in [1.165, 1.54) is 18.2 Å². The van der Waals surface area contributed by atoms with Gasteiger partial charge in [0.1, 0.15) is 11.6 Å². The van der Waals surface area contributed by atoms with Gasteiger partial charge in [0, 0.05) is 0 Å². The number of nitrogens with one attached hydrogen (secondary N) is 1. The molecule has 2 aromatic carbocycles. The molecule has 1 aliphatic rings. The van der Waals surface area contributed by atoms with Gasteiger partial charge in [-0.05, 0) is 61.1 Å². The number of aryl methyl sites for hydroxylation is 1. The van der Waals surface area contributed by atoms with Gasteiger partial charge in [0.2, 0.25) is 0 Å². The molecule has 5 heteroatoms. The van der Waals surface area contributed by atoms with E-state index in [1.807, 2.05) is 13.8 Å². The molecule has 0 saturated heterocycles. The Hall–Kier alpha value is -2.43. The number of nitrogens with two attached hydrogens (primary N) is 1. The van der Waals surface area contributed by atoms with Crippen molar-refractivity contribution in [2.24, 2.45) is 5.73 Å². The van der Waals surface area contributed by atoms with Gasteiger partial charge in [-0.15, -0.1) is 0 Å². The molecule has 1 amide bonds. The molecule has 24 heavy (non-hydrogen) atoms. The minimum Gasteiger partial charge on any atom is -0.366 e. The smallest absolute Gasteiger partial charge is 0.251 e. The van der Waals surface area contributed by atoms with E-state index in [1.54, 1.807) is 19.1 Å². The van der Waals surface area contributed by atoms with Gasteiger partial charge in [-0.3, -0.25) is 4.79 Å². The lowest BCUT2D eigenvalue weighted by molar-refractivity contribution is 0.1000. The summed E-state index contributed by atoms with van der Waals surface area (Å²) in [7, 11) is 0. The SMILES string of the molecule is CC.Cc1ccc(Nc2cc(F)cc(C3CC3)c2C(N)=O)c(F)c1. The molecule has 0 aliphatic heterocycles. The third-order valence-corrected chi connectivity index (χ3v) is 3.79. The highest BCUT2D eigenvalue weighted by Gasteiger charge is 2.30. The number of hydrogen-bond acceptors (Lipinski definition) is 2. The maximum Gasteiger partial charge on any atom is 0.251 e. The highest BCUT2D eigenvalue weighted by Crippen LogP contribution is 2.44. The first-order valence-electron chi connectivity index (χ1n) is 8.12. The Balaban J connectivity index is 0.00000100. The number of anilines is 2. The van der Waals surface area contributed by atoms with Crippen LogP contribution in [0.4, 0.5) is 20.2 Å². The van der Waals surface area contributed by atoms with Crippen molar-refractivity contribution < 1.29 is 13.6 Å². The molecule has 3 rings (SSSR count). The fourth-order valence-electron chi connectivity index (χ4n) is 2.58. The van der Waals surface area contributed by atoms with Crippen LogP contribution in [0.1, 0.15) is 54.1 Å². The lowest BCUT2D eigenvalue weighted by Gasteiger charge is -2.15. The average Bonchev–Trinajstić information content (AvgIpc) is 3.36. The standard InChI is InChI=1S/C17H16F2N2O.C2H6/c1-9-2-5-14(13(19)6-9)21-15-8-11(18)7-12(10-3-4-10)16(15)17(20)22;1-2/h2,5-8,10,21H,3-4H2,1H3,(H2,20,22);1-2H3. The second kappa shape index (κ2) is 7.43. The largest absolute Gasteiger partial charge is 0.366 e. The molecule has 0 bridgehead atoms. The second-order valence-corrected chi connectivity index (χ2v) is 5.66. The summed E-state index contributed by atoms with van der Waals surface area (Å²) in [6.45, 7) is 5.77. The van der Waals surface area contributed by atoms with Crippen LogP contribution in [-0.2, 0) is 0 Å². The molecule has 1 saturated carbocycles. The van der Waals surface area contributed by atoms with Crippen LogP contribution in [0.3, 0.4) is 0 Å². The van der Waals surface area contributed by atoms with Crippen LogP contribution < -0.4 is 11.1 Å². The number of carbonyl (C=O) groups excluding carboxylic acids is 1. The Morgan fingerprint density at radius 1 is 1.12 bits per heavy atom. The van der Waals surface area contributed by atoms with E-state index in [9.17, 15) is 13.6 Å². The molecule has 0 aromatic heterocycles. The minimum atomic E-state index is -0.642. The van der Waals surface area contributed by atoms with Gasteiger partial charge in [0.25, 0.3) is 5.91 Å². The third-order valence-electron chi connectivity index (χ3n) is 3.79. The van der Waals surface area contributed by atoms with Crippen LogP contribution in [0.2, 0.25) is 0 Å². The van der Waals surface area contributed by atoms with E-state index in [2.05, 4.69) is 5.32 Å². The van der Waals surface area contributed by atoms with Gasteiger partial charge in [0.05, 0.1) is 16.9 Å². The van der Waals surface area contributed by atoms with Crippen molar-refractivity contribution in [2.45, 2.75) is 39.5 Å². The molecule has 1 aliphatic carbocycles. The Morgan fingerprint density at radius 2 is 1.79 bits per heavy atom. The fraction of sp³-hybridized carbons (Fsp3) is 0.316. The molecule has 3 nitrogen and oxygen atoms in total. The monoisotopic (exact) mass is 332 g/mol. The highest BCUT2D eigenvalue weighted by atomic mass is 19.1. The Bertz CT molecular complexity index is 755. The fourth-order valence-corrected chi connectivity index (χ4v) is 2.58. The van der Waals surface area contributed by atoms with Crippen molar-refractivity contribution in [2.75, 3.05) is 5.32 Å². The van der Waals surface area contributed by atoms with Crippen LogP contribution in [0.5, 0.6) is 0 Å². The number of primary amides is 1. The number of halogens is 2. The topological polar surface area (TPSA) is 55.1 Å². The quantitative estimate of drug-likeness (QED) is 0.826. The molecule has 0 spiro atoms. The van der Waals surface area contributed by atoms with E-state index in [-0.39, 0.29) is 22.9 Å². The number of rotatable bonds is 4. The van der Waals surface area contributed by atoms with E-state index in [0.717, 1.165) is 18.4 Å². The zero-order chi connectivity index (χ0) is 17.9. The van der Waals surface area contributed by atoms with Gasteiger partial charge in [0.15, 0.2) is 0 Å². The lowest BCUT2D eigenvalue weighted by Crippen LogP contribution is -2.16. The second-order valence-electron chi connectivity index (χ2n) is 5.66. The molecule has 128 valence electrons. The number of amides is 1. The first-order chi connectivity index (χ1) is 11.5. The van der Waals surface area contributed by atoms with Gasteiger partial charge in [-0.2, -0.15) is 0 Å². The molecule has 3 N–H and O–H groups in total. The summed E-state index contributed by atoms with van der Waals surface area (Å²) in [6.07, 6.45) is 1.81. The Labute approximate surface area is 140 Å². The zero-order valence-electron chi connectivity index (χ0n) is 14.1. The van der Waals surface area contributed by atoms with Gasteiger partial charge in [-0.1, -0.05) is 19.9 Å². The molecule has 0 unspecified atom stereocenters. The summed E-state index contributed by atoms with van der Waals surface area (Å²) in [5.41, 5.74) is 7.45. The van der Waals surface area contributed by atoms with Crippen LogP contribution in [0, 0.1) is 18.6 Å². The van der Waals surface area contributed by atoms with Crippen molar-refractivity contribution in [1.29, 1.82) is 0 Å². The molecule has 1 fully saturated rings. The molecule has 0 atom stereocenters. The summed E-state index contributed by atoms with van der Waals surface area (Å²) >= 11 is 0. The van der Waals surface area contributed by atoms with Crippen LogP contribution in [0.15, 0.2) is 30.3 Å². The van der Waals surface area contributed by atoms with Crippen LogP contribution in [-0.4, -0.2) is 5.91 Å². The zero-order valence-corrected chi connectivity index (χ0v) is 14.1. The average molecular weight is 332 g/mol. The van der Waals surface area contributed by atoms with Crippen molar-refractivity contribution in [3.63, 3.8) is 0 Å². The normalized spacial score (nSPS) is 13.0. The first-order valence-corrected chi connectivity index (χ1v) is 8.12. The van der Waals surface area contributed by atoms with E-state index >= 15 is 0 Å². The maximum atomic E-state index is 14.0. The Kier molecular flexibility index (Phi) is 5.54. The molecule has 0 heterocycles. The third kappa shape index (κ3) is 3.91. The molecule has 2 aromatic rings. The van der Waals surface area contributed by atoms with Gasteiger partial charge in [-0.25, -0.2) is 8.78 Å². The van der Waals surface area contributed by atoms with Crippen molar-refractivity contribution in [1.82, 2.24) is 0 Å². The van der Waals surface area contributed by atoms with Crippen molar-refractivity contribution in [3.05, 3.63) is 58.7 Å². The lowest BCUT2D eigenvalue weighted by atomic mass is 10.00. The van der Waals surface area contributed by atoms with Crippen LogP contribution >= 0.6 is 0 Å². The summed E-state index contributed by atoms with van der Waals surface area (Å²) in [6, 6.07) is 7.17. The van der Waals surface area contributed by atoms with Crippen molar-refractivity contribution >= 4 is 17.3 Å². The van der Waals surface area contributed by atoms with E-state index in [0.29, 0.717) is 5.56 Å². The summed E-state index contributed by atoms with van der Waals surface area (Å²) < 4.78 is 27.8. The van der Waals surface area contributed by atoms with Crippen molar-refractivity contribution in [3.8, 4) is 0 Å². The van der Waals surface area contributed by atoms with E-state index < -0.39 is 17.5 Å².